The second kappa shape index (κ2) is 4.29. The predicted molar refractivity (Wildman–Crippen MR) is 58.1 cm³/mol. The molecule has 0 bridgehead atoms. The van der Waals surface area contributed by atoms with Crippen LogP contribution in [0.3, 0.4) is 0 Å². The van der Waals surface area contributed by atoms with Crippen LogP contribution >= 0.6 is 22.9 Å². The summed E-state index contributed by atoms with van der Waals surface area (Å²) in [6, 6.07) is 1.99. The van der Waals surface area contributed by atoms with E-state index in [1.54, 1.807) is 6.07 Å². The largest absolute Gasteiger partial charge is 0.347 e. The van der Waals surface area contributed by atoms with Crippen molar-refractivity contribution >= 4 is 28.8 Å². The fourth-order valence-corrected chi connectivity index (χ4v) is 2.53. The van der Waals surface area contributed by atoms with Gasteiger partial charge < -0.3 is 10.6 Å². The topological polar surface area (TPSA) is 41.1 Å². The third-order valence-corrected chi connectivity index (χ3v) is 3.56. The van der Waals surface area contributed by atoms with E-state index in [0.717, 1.165) is 19.5 Å². The third-order valence-electron chi connectivity index (χ3n) is 2.22. The molecule has 0 saturated carbocycles. The number of nitrogens with one attached hydrogen (secondary N) is 2. The van der Waals surface area contributed by atoms with Crippen LogP contribution in [0, 0.1) is 0 Å². The summed E-state index contributed by atoms with van der Waals surface area (Å²) < 4.78 is 0. The maximum Gasteiger partial charge on any atom is 0.263 e. The van der Waals surface area contributed by atoms with Gasteiger partial charge >= 0.3 is 0 Å². The van der Waals surface area contributed by atoms with E-state index in [-0.39, 0.29) is 11.9 Å². The van der Waals surface area contributed by atoms with Crippen LogP contribution in [0.15, 0.2) is 11.4 Å². The Morgan fingerprint density at radius 1 is 1.71 bits per heavy atom. The minimum Gasteiger partial charge on any atom is -0.347 e. The van der Waals surface area contributed by atoms with Crippen LogP contribution < -0.4 is 10.6 Å². The first kappa shape index (κ1) is 9.96. The van der Waals surface area contributed by atoms with Gasteiger partial charge in [-0.25, -0.2) is 0 Å². The quantitative estimate of drug-likeness (QED) is 0.809. The van der Waals surface area contributed by atoms with Gasteiger partial charge in [0.25, 0.3) is 5.91 Å². The van der Waals surface area contributed by atoms with Gasteiger partial charge in [0, 0.05) is 12.6 Å². The molecule has 1 aromatic heterocycles. The average Bonchev–Trinajstić information content (AvgIpc) is 2.75. The Bertz CT molecular complexity index is 333. The maximum atomic E-state index is 11.7. The lowest BCUT2D eigenvalue weighted by Crippen LogP contribution is -2.35. The van der Waals surface area contributed by atoms with Crippen LogP contribution in [-0.2, 0) is 0 Å². The normalized spacial score (nSPS) is 21.1. The zero-order valence-corrected chi connectivity index (χ0v) is 9.12. The lowest BCUT2D eigenvalue weighted by Gasteiger charge is -2.09. The predicted octanol–water partition coefficient (Wildman–Crippen LogP) is 1.49. The monoisotopic (exact) mass is 230 g/mol. The van der Waals surface area contributed by atoms with Crippen molar-refractivity contribution in [2.75, 3.05) is 13.1 Å². The summed E-state index contributed by atoms with van der Waals surface area (Å²) in [5.41, 5.74) is 0. The number of amides is 1. The second-order valence-corrected chi connectivity index (χ2v) is 4.58. The van der Waals surface area contributed by atoms with Crippen molar-refractivity contribution in [2.45, 2.75) is 12.5 Å². The molecule has 1 aliphatic rings. The number of halogens is 1. The van der Waals surface area contributed by atoms with Crippen LogP contribution in [0.2, 0.25) is 5.02 Å². The van der Waals surface area contributed by atoms with E-state index in [1.807, 2.05) is 5.38 Å². The van der Waals surface area contributed by atoms with E-state index < -0.39 is 0 Å². The van der Waals surface area contributed by atoms with Gasteiger partial charge in [-0.1, -0.05) is 11.6 Å². The highest BCUT2D eigenvalue weighted by Crippen LogP contribution is 2.21. The van der Waals surface area contributed by atoms with Crippen molar-refractivity contribution in [3.63, 3.8) is 0 Å². The molecule has 76 valence electrons. The fraction of sp³-hybridized carbons (Fsp3) is 0.444. The number of hydrogen-bond donors (Lipinski definition) is 2. The Morgan fingerprint density at radius 2 is 2.57 bits per heavy atom. The Balaban J connectivity index is 1.98. The molecule has 1 aliphatic heterocycles. The van der Waals surface area contributed by atoms with Gasteiger partial charge in [0.2, 0.25) is 0 Å². The first-order chi connectivity index (χ1) is 6.77. The van der Waals surface area contributed by atoms with Crippen LogP contribution in [0.4, 0.5) is 0 Å². The summed E-state index contributed by atoms with van der Waals surface area (Å²) in [4.78, 5) is 12.3. The maximum absolute atomic E-state index is 11.7. The minimum atomic E-state index is -0.0568. The van der Waals surface area contributed by atoms with Gasteiger partial charge in [-0.05, 0) is 24.4 Å². The highest BCUT2D eigenvalue weighted by molar-refractivity contribution is 7.12. The number of hydrogen-bond acceptors (Lipinski definition) is 3. The first-order valence-electron chi connectivity index (χ1n) is 4.52. The lowest BCUT2D eigenvalue weighted by molar-refractivity contribution is 0.0944. The van der Waals surface area contributed by atoms with Gasteiger partial charge in [0.05, 0.1) is 5.02 Å². The minimum absolute atomic E-state index is 0.0568. The highest BCUT2D eigenvalue weighted by Gasteiger charge is 2.19. The molecule has 0 unspecified atom stereocenters. The molecule has 0 radical (unpaired) electrons. The molecule has 2 rings (SSSR count). The molecule has 1 saturated heterocycles. The number of rotatable bonds is 2. The summed E-state index contributed by atoms with van der Waals surface area (Å²) in [6.07, 6.45) is 0.995. The summed E-state index contributed by atoms with van der Waals surface area (Å²) in [6.45, 7) is 1.83. The van der Waals surface area contributed by atoms with Crippen molar-refractivity contribution in [3.8, 4) is 0 Å². The van der Waals surface area contributed by atoms with E-state index in [0.29, 0.717) is 9.90 Å². The Labute approximate surface area is 91.5 Å². The molecule has 0 aliphatic carbocycles. The van der Waals surface area contributed by atoms with E-state index in [2.05, 4.69) is 10.6 Å². The molecule has 0 aromatic carbocycles. The summed E-state index contributed by atoms with van der Waals surface area (Å²) >= 11 is 7.23. The Morgan fingerprint density at radius 3 is 3.14 bits per heavy atom. The van der Waals surface area contributed by atoms with Gasteiger partial charge in [0.1, 0.15) is 4.88 Å². The van der Waals surface area contributed by atoms with E-state index >= 15 is 0 Å². The summed E-state index contributed by atoms with van der Waals surface area (Å²) in [5.74, 6) is -0.0568. The second-order valence-electron chi connectivity index (χ2n) is 3.26. The average molecular weight is 231 g/mol. The molecule has 1 amide bonds. The van der Waals surface area contributed by atoms with E-state index in [1.165, 1.54) is 11.3 Å². The van der Waals surface area contributed by atoms with Crippen LogP contribution in [-0.4, -0.2) is 25.0 Å². The standard InChI is InChI=1S/C9H11ClN2OS/c10-7-2-4-14-8(7)9(13)12-6-1-3-11-5-6/h2,4,6,11H,1,3,5H2,(H,12,13)/t6-/m0/s1. The molecule has 0 spiro atoms. The van der Waals surface area contributed by atoms with Crippen LogP contribution in [0.5, 0.6) is 0 Å². The highest BCUT2D eigenvalue weighted by atomic mass is 35.5. The summed E-state index contributed by atoms with van der Waals surface area (Å²) in [5, 5.41) is 8.50. The molecule has 14 heavy (non-hydrogen) atoms. The molecule has 1 fully saturated rings. The van der Waals surface area contributed by atoms with Gasteiger partial charge in [-0.2, -0.15) is 0 Å². The van der Waals surface area contributed by atoms with Crippen molar-refractivity contribution < 1.29 is 4.79 Å². The summed E-state index contributed by atoms with van der Waals surface area (Å²) in [7, 11) is 0. The molecule has 2 heterocycles. The smallest absolute Gasteiger partial charge is 0.263 e. The van der Waals surface area contributed by atoms with Crippen molar-refractivity contribution in [3.05, 3.63) is 21.3 Å². The SMILES string of the molecule is O=C(N[C@H]1CCNC1)c1sccc1Cl. The van der Waals surface area contributed by atoms with Crippen LogP contribution in [0.25, 0.3) is 0 Å². The zero-order valence-electron chi connectivity index (χ0n) is 7.55. The third kappa shape index (κ3) is 2.08. The fourth-order valence-electron chi connectivity index (χ4n) is 1.48. The molecular weight excluding hydrogens is 220 g/mol. The van der Waals surface area contributed by atoms with Gasteiger partial charge in [-0.15, -0.1) is 11.3 Å². The van der Waals surface area contributed by atoms with Gasteiger partial charge in [0.15, 0.2) is 0 Å². The number of carbonyl (C=O) groups excluding carboxylic acids is 1. The number of thiophene rings is 1. The van der Waals surface area contributed by atoms with E-state index in [9.17, 15) is 4.79 Å². The van der Waals surface area contributed by atoms with Crippen molar-refractivity contribution in [2.24, 2.45) is 0 Å². The Kier molecular flexibility index (Phi) is 3.05. The van der Waals surface area contributed by atoms with Crippen LogP contribution in [0.1, 0.15) is 16.1 Å². The molecule has 2 N–H and O–H groups in total. The molecule has 5 heteroatoms. The van der Waals surface area contributed by atoms with E-state index in [4.69, 9.17) is 11.6 Å². The van der Waals surface area contributed by atoms with Gasteiger partial charge in [-0.3, -0.25) is 4.79 Å². The molecule has 1 aromatic rings. The number of carbonyl (C=O) groups is 1. The molecule has 3 nitrogen and oxygen atoms in total. The molecule has 1 atom stereocenters. The zero-order chi connectivity index (χ0) is 9.97. The lowest BCUT2D eigenvalue weighted by atomic mass is 10.2. The first-order valence-corrected chi connectivity index (χ1v) is 5.77. The Hall–Kier alpha value is -0.580. The van der Waals surface area contributed by atoms with Crippen molar-refractivity contribution in [1.29, 1.82) is 0 Å². The molecular formula is C9H11ClN2OS. The van der Waals surface area contributed by atoms with Crippen molar-refractivity contribution in [1.82, 2.24) is 10.6 Å².